The Hall–Kier alpha value is -1.75. The molecule has 22 heavy (non-hydrogen) atoms. The Morgan fingerprint density at radius 1 is 1.14 bits per heavy atom. The minimum absolute atomic E-state index is 0.0355. The first kappa shape index (κ1) is 18.3. The molecule has 1 aromatic carbocycles. The van der Waals surface area contributed by atoms with Crippen LogP contribution in [0.5, 0.6) is 0 Å². The summed E-state index contributed by atoms with van der Waals surface area (Å²) >= 11 is 6.11. The van der Waals surface area contributed by atoms with Crippen molar-refractivity contribution >= 4 is 23.5 Å². The average Bonchev–Trinajstić information content (AvgIpc) is 2.46. The number of amides is 1. The predicted molar refractivity (Wildman–Crippen MR) is 92.1 cm³/mol. The largest absolute Gasteiger partial charge is 0.355 e. The molecule has 5 nitrogen and oxygen atoms in total. The Balaban J connectivity index is 2.32. The van der Waals surface area contributed by atoms with Crippen LogP contribution in [0.3, 0.4) is 0 Å². The Kier molecular flexibility index (Phi) is 7.18. The van der Waals surface area contributed by atoms with Crippen LogP contribution >= 0.6 is 11.6 Å². The van der Waals surface area contributed by atoms with Crippen LogP contribution in [0.25, 0.3) is 0 Å². The number of hydrogen-bond acceptors (Lipinski definition) is 2. The van der Waals surface area contributed by atoms with E-state index in [1.54, 1.807) is 7.05 Å². The van der Waals surface area contributed by atoms with Crippen LogP contribution in [-0.4, -0.2) is 32.0 Å². The van der Waals surface area contributed by atoms with E-state index in [-0.39, 0.29) is 11.3 Å². The first-order chi connectivity index (χ1) is 10.3. The van der Waals surface area contributed by atoms with Gasteiger partial charge in [0, 0.05) is 37.1 Å². The number of carbonyl (C=O) groups excluding carboxylic acids is 1. The van der Waals surface area contributed by atoms with Gasteiger partial charge in [-0.2, -0.15) is 0 Å². The molecule has 1 rings (SSSR count). The third kappa shape index (κ3) is 6.35. The molecule has 3 N–H and O–H groups in total. The molecule has 1 aromatic rings. The fraction of sp³-hybridized carbons (Fsp3) is 0.500. The lowest BCUT2D eigenvalue weighted by Crippen LogP contribution is -2.43. The normalized spacial score (nSPS) is 12.0. The van der Waals surface area contributed by atoms with Crippen molar-refractivity contribution in [3.63, 3.8) is 0 Å². The van der Waals surface area contributed by atoms with Gasteiger partial charge in [0.05, 0.1) is 0 Å². The van der Waals surface area contributed by atoms with Crippen molar-refractivity contribution in [2.24, 2.45) is 10.4 Å². The van der Waals surface area contributed by atoms with Gasteiger partial charge in [-0.25, -0.2) is 0 Å². The Labute approximate surface area is 137 Å². The van der Waals surface area contributed by atoms with Gasteiger partial charge < -0.3 is 16.0 Å². The summed E-state index contributed by atoms with van der Waals surface area (Å²) in [6.45, 7) is 7.40. The highest BCUT2D eigenvalue weighted by atomic mass is 35.5. The molecule has 0 radical (unpaired) electrons. The number of carbonyl (C=O) groups is 1. The van der Waals surface area contributed by atoms with Crippen LogP contribution < -0.4 is 16.0 Å². The summed E-state index contributed by atoms with van der Waals surface area (Å²) in [5.41, 5.74) is 0.637. The molecule has 0 spiro atoms. The van der Waals surface area contributed by atoms with Gasteiger partial charge in [-0.05, 0) is 11.6 Å². The SMILES string of the molecule is CN=C(NCCNC(=O)C(C)(C)C)NCc1ccccc1Cl. The monoisotopic (exact) mass is 324 g/mol. The molecule has 0 aliphatic heterocycles. The minimum atomic E-state index is -0.371. The average molecular weight is 325 g/mol. The van der Waals surface area contributed by atoms with Crippen molar-refractivity contribution < 1.29 is 4.79 Å². The summed E-state index contributed by atoms with van der Waals surface area (Å²) < 4.78 is 0. The zero-order chi connectivity index (χ0) is 16.6. The van der Waals surface area contributed by atoms with Gasteiger partial charge in [0.2, 0.25) is 5.91 Å². The second-order valence-corrected chi connectivity index (χ2v) is 6.36. The smallest absolute Gasteiger partial charge is 0.225 e. The Bertz CT molecular complexity index is 523. The number of aliphatic imine (C=N–C) groups is 1. The van der Waals surface area contributed by atoms with Crippen molar-refractivity contribution in [1.29, 1.82) is 0 Å². The van der Waals surface area contributed by atoms with E-state index in [4.69, 9.17) is 11.6 Å². The quantitative estimate of drug-likeness (QED) is 0.442. The van der Waals surface area contributed by atoms with Crippen LogP contribution in [0.2, 0.25) is 5.02 Å². The number of nitrogens with one attached hydrogen (secondary N) is 3. The van der Waals surface area contributed by atoms with Crippen LogP contribution in [0, 0.1) is 5.41 Å². The van der Waals surface area contributed by atoms with Crippen LogP contribution in [0.4, 0.5) is 0 Å². The maximum Gasteiger partial charge on any atom is 0.225 e. The second kappa shape index (κ2) is 8.63. The third-order valence-corrected chi connectivity index (χ3v) is 3.38. The molecule has 0 saturated heterocycles. The van der Waals surface area contributed by atoms with Crippen molar-refractivity contribution in [3.8, 4) is 0 Å². The van der Waals surface area contributed by atoms with E-state index in [1.165, 1.54) is 0 Å². The summed E-state index contributed by atoms with van der Waals surface area (Å²) in [7, 11) is 1.70. The highest BCUT2D eigenvalue weighted by molar-refractivity contribution is 6.31. The Morgan fingerprint density at radius 2 is 1.77 bits per heavy atom. The van der Waals surface area contributed by atoms with E-state index in [1.807, 2.05) is 45.0 Å². The van der Waals surface area contributed by atoms with Gasteiger partial charge >= 0.3 is 0 Å². The number of nitrogens with zero attached hydrogens (tertiary/aromatic N) is 1. The molecule has 0 atom stereocenters. The van der Waals surface area contributed by atoms with Gasteiger partial charge in [0.1, 0.15) is 0 Å². The highest BCUT2D eigenvalue weighted by Crippen LogP contribution is 2.14. The van der Waals surface area contributed by atoms with Crippen LogP contribution in [0.15, 0.2) is 29.3 Å². The molecular weight excluding hydrogens is 300 g/mol. The first-order valence-electron chi connectivity index (χ1n) is 7.31. The first-order valence-corrected chi connectivity index (χ1v) is 7.68. The number of halogens is 1. The highest BCUT2D eigenvalue weighted by Gasteiger charge is 2.20. The molecule has 0 unspecified atom stereocenters. The minimum Gasteiger partial charge on any atom is -0.355 e. The summed E-state index contributed by atoms with van der Waals surface area (Å²) in [4.78, 5) is 15.9. The fourth-order valence-electron chi connectivity index (χ4n) is 1.66. The van der Waals surface area contributed by atoms with Crippen LogP contribution in [0.1, 0.15) is 26.3 Å². The number of hydrogen-bond donors (Lipinski definition) is 3. The molecule has 0 fully saturated rings. The van der Waals surface area contributed by atoms with Crippen LogP contribution in [-0.2, 0) is 11.3 Å². The lowest BCUT2D eigenvalue weighted by Gasteiger charge is -2.18. The molecule has 0 heterocycles. The van der Waals surface area contributed by atoms with E-state index in [0.717, 1.165) is 10.6 Å². The standard InChI is InChI=1S/C16H25ClN4O/c1-16(2,3)14(22)19-9-10-20-15(18-4)21-11-12-7-5-6-8-13(12)17/h5-8H,9-11H2,1-4H3,(H,19,22)(H2,18,20,21). The molecule has 122 valence electrons. The summed E-state index contributed by atoms with van der Waals surface area (Å²) in [5, 5.41) is 9.94. The number of guanidine groups is 1. The molecule has 0 aliphatic rings. The lowest BCUT2D eigenvalue weighted by molar-refractivity contribution is -0.128. The van der Waals surface area contributed by atoms with E-state index in [9.17, 15) is 4.79 Å². The van der Waals surface area contributed by atoms with Crippen molar-refractivity contribution in [2.45, 2.75) is 27.3 Å². The van der Waals surface area contributed by atoms with Gasteiger partial charge in [0.25, 0.3) is 0 Å². The van der Waals surface area contributed by atoms with Gasteiger partial charge in [0.15, 0.2) is 5.96 Å². The van der Waals surface area contributed by atoms with Crippen molar-refractivity contribution in [3.05, 3.63) is 34.9 Å². The van der Waals surface area contributed by atoms with E-state index >= 15 is 0 Å². The Morgan fingerprint density at radius 3 is 2.36 bits per heavy atom. The van der Waals surface area contributed by atoms with Crippen molar-refractivity contribution in [1.82, 2.24) is 16.0 Å². The number of benzene rings is 1. The molecule has 0 aromatic heterocycles. The summed E-state index contributed by atoms with van der Waals surface area (Å²) in [6, 6.07) is 7.67. The number of rotatable bonds is 5. The fourth-order valence-corrected chi connectivity index (χ4v) is 1.87. The van der Waals surface area contributed by atoms with Crippen molar-refractivity contribution in [2.75, 3.05) is 20.1 Å². The molecule has 0 aliphatic carbocycles. The molecule has 6 heteroatoms. The van der Waals surface area contributed by atoms with Gasteiger partial charge in [-0.15, -0.1) is 0 Å². The molecule has 0 saturated carbocycles. The van der Waals surface area contributed by atoms with Gasteiger partial charge in [-0.3, -0.25) is 9.79 Å². The maximum atomic E-state index is 11.7. The molecular formula is C16H25ClN4O. The predicted octanol–water partition coefficient (Wildman–Crippen LogP) is 2.17. The van der Waals surface area contributed by atoms with Gasteiger partial charge in [-0.1, -0.05) is 50.6 Å². The summed E-state index contributed by atoms with van der Waals surface area (Å²) in [6.07, 6.45) is 0. The van der Waals surface area contributed by atoms with E-state index < -0.39 is 0 Å². The topological polar surface area (TPSA) is 65.5 Å². The zero-order valence-electron chi connectivity index (χ0n) is 13.7. The zero-order valence-corrected chi connectivity index (χ0v) is 14.4. The molecule has 1 amide bonds. The van der Waals surface area contributed by atoms with E-state index in [0.29, 0.717) is 25.6 Å². The van der Waals surface area contributed by atoms with E-state index in [2.05, 4.69) is 20.9 Å². The third-order valence-electron chi connectivity index (χ3n) is 3.01. The molecule has 0 bridgehead atoms. The second-order valence-electron chi connectivity index (χ2n) is 5.95. The maximum absolute atomic E-state index is 11.7. The summed E-state index contributed by atoms with van der Waals surface area (Å²) in [5.74, 6) is 0.707. The lowest BCUT2D eigenvalue weighted by atomic mass is 9.96.